The van der Waals surface area contributed by atoms with Crippen LogP contribution in [0.15, 0.2) is 42.0 Å². The molecule has 12 heteroatoms. The Bertz CT molecular complexity index is 931. The molecule has 0 radical (unpaired) electrons. The first-order chi connectivity index (χ1) is 13.4. The second kappa shape index (κ2) is 7.26. The molecule has 2 aromatic rings. The molecule has 0 spiro atoms. The number of hydrogen-bond donors (Lipinski definition) is 2. The van der Waals surface area contributed by atoms with Crippen molar-refractivity contribution in [2.45, 2.75) is 31.6 Å². The molecule has 3 heterocycles. The van der Waals surface area contributed by atoms with E-state index in [-0.39, 0.29) is 17.0 Å². The zero-order valence-corrected chi connectivity index (χ0v) is 14.6. The van der Waals surface area contributed by atoms with Gasteiger partial charge in [-0.15, -0.1) is 0 Å². The molecule has 0 aliphatic carbocycles. The number of halogens is 6. The molecule has 156 valence electrons. The fraction of sp³-hybridized carbons (Fsp3) is 0.353. The maximum atomic E-state index is 12.9. The summed E-state index contributed by atoms with van der Waals surface area (Å²) in [6.45, 7) is 1.39. The number of hydrazone groups is 1. The largest absolute Gasteiger partial charge is 0.417 e. The highest BCUT2D eigenvalue weighted by molar-refractivity contribution is 5.89. The lowest BCUT2D eigenvalue weighted by atomic mass is 9.91. The molecule has 3 atom stereocenters. The minimum absolute atomic E-state index is 0.111. The van der Waals surface area contributed by atoms with E-state index in [1.165, 1.54) is 6.92 Å². The standard InChI is InChI=1S/C17H14F6N4O2/c1-8-13(14(28)9-2-10(5-24-4-9)16(18,19)20)15(29)27(26-8)12-3-11(6-25-7-12)17(21,22)23/h2-7,13-15,28-29H,1H3. The molecule has 6 nitrogen and oxygen atoms in total. The van der Waals surface area contributed by atoms with Crippen LogP contribution in [0.5, 0.6) is 0 Å². The first-order valence-corrected chi connectivity index (χ1v) is 8.14. The summed E-state index contributed by atoms with van der Waals surface area (Å²) in [5, 5.41) is 25.8. The van der Waals surface area contributed by atoms with Crippen molar-refractivity contribution in [3.8, 4) is 0 Å². The fourth-order valence-electron chi connectivity index (χ4n) is 2.96. The van der Waals surface area contributed by atoms with Gasteiger partial charge in [-0.1, -0.05) is 0 Å². The molecule has 1 aliphatic heterocycles. The van der Waals surface area contributed by atoms with Crippen LogP contribution >= 0.6 is 0 Å². The molecule has 0 saturated carbocycles. The Hall–Kier alpha value is -2.73. The van der Waals surface area contributed by atoms with E-state index >= 15 is 0 Å². The Morgan fingerprint density at radius 2 is 1.48 bits per heavy atom. The van der Waals surface area contributed by atoms with Crippen LogP contribution in [-0.4, -0.2) is 32.1 Å². The summed E-state index contributed by atoms with van der Waals surface area (Å²) < 4.78 is 77.3. The Morgan fingerprint density at radius 3 is 2.07 bits per heavy atom. The average molecular weight is 420 g/mol. The van der Waals surface area contributed by atoms with Gasteiger partial charge in [0.25, 0.3) is 0 Å². The summed E-state index contributed by atoms with van der Waals surface area (Å²) >= 11 is 0. The van der Waals surface area contributed by atoms with E-state index in [2.05, 4.69) is 15.1 Å². The lowest BCUT2D eigenvalue weighted by molar-refractivity contribution is -0.138. The SMILES string of the molecule is CC1=NN(c2cncc(C(F)(F)F)c2)C(O)C1C(O)c1cncc(C(F)(F)F)c1. The van der Waals surface area contributed by atoms with Crippen molar-refractivity contribution in [2.75, 3.05) is 5.01 Å². The highest BCUT2D eigenvalue weighted by Gasteiger charge is 2.42. The molecule has 1 aliphatic rings. The molecule has 2 N–H and O–H groups in total. The molecule has 0 saturated heterocycles. The van der Waals surface area contributed by atoms with Gasteiger partial charge in [0.15, 0.2) is 6.23 Å². The Morgan fingerprint density at radius 1 is 0.931 bits per heavy atom. The average Bonchev–Trinajstić information content (AvgIpc) is 2.94. The van der Waals surface area contributed by atoms with Crippen LogP contribution in [0.3, 0.4) is 0 Å². The molecule has 3 unspecified atom stereocenters. The summed E-state index contributed by atoms with van der Waals surface area (Å²) in [5.74, 6) is -1.20. The van der Waals surface area contributed by atoms with E-state index in [0.717, 1.165) is 17.4 Å². The molecule has 0 aromatic carbocycles. The van der Waals surface area contributed by atoms with E-state index in [9.17, 15) is 36.6 Å². The van der Waals surface area contributed by atoms with Crippen molar-refractivity contribution in [3.63, 3.8) is 0 Å². The van der Waals surface area contributed by atoms with Crippen molar-refractivity contribution in [3.05, 3.63) is 53.6 Å². The van der Waals surface area contributed by atoms with Gasteiger partial charge < -0.3 is 10.2 Å². The zero-order valence-electron chi connectivity index (χ0n) is 14.6. The minimum atomic E-state index is -4.68. The van der Waals surface area contributed by atoms with Gasteiger partial charge in [-0.05, 0) is 19.1 Å². The molecule has 2 aromatic heterocycles. The maximum Gasteiger partial charge on any atom is 0.417 e. The van der Waals surface area contributed by atoms with E-state index in [0.29, 0.717) is 24.5 Å². The molecule has 3 rings (SSSR count). The number of rotatable bonds is 3. The van der Waals surface area contributed by atoms with Crippen LogP contribution in [0.4, 0.5) is 32.0 Å². The van der Waals surface area contributed by atoms with Crippen LogP contribution in [0, 0.1) is 5.92 Å². The first-order valence-electron chi connectivity index (χ1n) is 8.14. The van der Waals surface area contributed by atoms with Gasteiger partial charge in [0.1, 0.15) is 0 Å². The fourth-order valence-corrected chi connectivity index (χ4v) is 2.96. The predicted molar refractivity (Wildman–Crippen MR) is 88.5 cm³/mol. The van der Waals surface area contributed by atoms with Gasteiger partial charge in [0, 0.05) is 29.9 Å². The quantitative estimate of drug-likeness (QED) is 0.745. The second-order valence-electron chi connectivity index (χ2n) is 6.40. The zero-order chi connectivity index (χ0) is 21.6. The molecule has 29 heavy (non-hydrogen) atoms. The third-order valence-electron chi connectivity index (χ3n) is 4.40. The van der Waals surface area contributed by atoms with Crippen molar-refractivity contribution in [1.29, 1.82) is 0 Å². The summed E-state index contributed by atoms with van der Waals surface area (Å²) in [7, 11) is 0. The first kappa shape index (κ1) is 21.0. The monoisotopic (exact) mass is 420 g/mol. The summed E-state index contributed by atoms with van der Waals surface area (Å²) in [4.78, 5) is 6.94. The lowest BCUT2D eigenvalue weighted by Gasteiger charge is -2.26. The van der Waals surface area contributed by atoms with Crippen LogP contribution < -0.4 is 5.01 Å². The molecular weight excluding hydrogens is 406 g/mol. The highest BCUT2D eigenvalue weighted by Crippen LogP contribution is 2.38. The number of pyridine rings is 2. The number of nitrogens with zero attached hydrogens (tertiary/aromatic N) is 4. The third-order valence-corrected chi connectivity index (χ3v) is 4.40. The molecule has 0 bridgehead atoms. The summed E-state index contributed by atoms with van der Waals surface area (Å²) in [5.41, 5.74) is -2.46. The van der Waals surface area contributed by atoms with E-state index in [1.54, 1.807) is 0 Å². The van der Waals surface area contributed by atoms with E-state index in [4.69, 9.17) is 0 Å². The second-order valence-corrected chi connectivity index (χ2v) is 6.40. The van der Waals surface area contributed by atoms with Crippen molar-refractivity contribution in [2.24, 2.45) is 11.0 Å². The molecular formula is C17H14F6N4O2. The Kier molecular flexibility index (Phi) is 5.26. The molecule has 0 amide bonds. The normalized spacial score (nSPS) is 21.3. The number of aliphatic hydroxyl groups is 2. The van der Waals surface area contributed by atoms with Gasteiger partial charge >= 0.3 is 12.4 Å². The predicted octanol–water partition coefficient (Wildman–Crippen LogP) is 3.38. The van der Waals surface area contributed by atoms with Crippen molar-refractivity contribution >= 4 is 11.4 Å². The van der Waals surface area contributed by atoms with Gasteiger partial charge in [-0.2, -0.15) is 31.4 Å². The topological polar surface area (TPSA) is 81.8 Å². The Labute approximate surface area is 160 Å². The summed E-state index contributed by atoms with van der Waals surface area (Å²) in [6, 6.07) is 1.40. The smallest absolute Gasteiger partial charge is 0.387 e. The Balaban J connectivity index is 1.90. The van der Waals surface area contributed by atoms with E-state index in [1.807, 2.05) is 0 Å². The number of aromatic nitrogens is 2. The van der Waals surface area contributed by atoms with Crippen molar-refractivity contribution < 1.29 is 36.6 Å². The highest BCUT2D eigenvalue weighted by atomic mass is 19.4. The van der Waals surface area contributed by atoms with E-state index < -0.39 is 41.7 Å². The lowest BCUT2D eigenvalue weighted by Crippen LogP contribution is -2.36. The van der Waals surface area contributed by atoms with Crippen LogP contribution in [0.2, 0.25) is 0 Å². The van der Waals surface area contributed by atoms with Crippen LogP contribution in [0.1, 0.15) is 29.7 Å². The number of anilines is 1. The van der Waals surface area contributed by atoms with Gasteiger partial charge in [0.05, 0.1) is 35.0 Å². The van der Waals surface area contributed by atoms with Gasteiger partial charge in [0.2, 0.25) is 0 Å². The third kappa shape index (κ3) is 4.17. The van der Waals surface area contributed by atoms with Gasteiger partial charge in [-0.3, -0.25) is 9.97 Å². The van der Waals surface area contributed by atoms with Gasteiger partial charge in [-0.25, -0.2) is 5.01 Å². The van der Waals surface area contributed by atoms with Crippen LogP contribution in [0.25, 0.3) is 0 Å². The number of alkyl halides is 6. The van der Waals surface area contributed by atoms with Crippen molar-refractivity contribution in [1.82, 2.24) is 9.97 Å². The van der Waals surface area contributed by atoms with Crippen LogP contribution in [-0.2, 0) is 12.4 Å². The number of aliphatic hydroxyl groups excluding tert-OH is 2. The minimum Gasteiger partial charge on any atom is -0.387 e. The number of hydrogen-bond acceptors (Lipinski definition) is 6. The summed E-state index contributed by atoms with van der Waals surface area (Å²) in [6.07, 6.45) is -9.39. The molecule has 0 fully saturated rings. The maximum absolute atomic E-state index is 12.9.